The fraction of sp³-hybridized carbons (Fsp3) is 0.688. The van der Waals surface area contributed by atoms with Gasteiger partial charge >= 0.3 is 0 Å². The third kappa shape index (κ3) is 4.27. The first-order chi connectivity index (χ1) is 9.72. The monoisotopic (exact) mass is 276 g/mol. The summed E-state index contributed by atoms with van der Waals surface area (Å²) in [6.45, 7) is 11.2. The maximum absolute atomic E-state index is 4.57. The van der Waals surface area contributed by atoms with E-state index in [2.05, 4.69) is 46.1 Å². The third-order valence-corrected chi connectivity index (χ3v) is 4.27. The molecule has 0 radical (unpaired) electrons. The quantitative estimate of drug-likeness (QED) is 0.857. The minimum Gasteiger partial charge on any atom is -0.316 e. The van der Waals surface area contributed by atoms with Gasteiger partial charge in [-0.2, -0.15) is 0 Å². The topological polar surface area (TPSA) is 31.4 Å². The zero-order chi connectivity index (χ0) is 14.4. The Bertz CT molecular complexity index is 382. The second-order valence-electron chi connectivity index (χ2n) is 5.76. The Morgan fingerprint density at radius 3 is 2.55 bits per heavy atom. The summed E-state index contributed by atoms with van der Waals surface area (Å²) in [5, 5.41) is 3.15. The van der Waals surface area contributed by atoms with Crippen molar-refractivity contribution in [3.63, 3.8) is 0 Å². The predicted molar refractivity (Wildman–Crippen MR) is 83.6 cm³/mol. The van der Waals surface area contributed by atoms with Crippen LogP contribution in [-0.4, -0.2) is 54.1 Å². The van der Waals surface area contributed by atoms with Gasteiger partial charge in [0.25, 0.3) is 0 Å². The molecule has 0 spiro atoms. The van der Waals surface area contributed by atoms with Crippen LogP contribution in [-0.2, 0) is 13.1 Å². The number of nitrogens with one attached hydrogen (secondary N) is 1. The SMILES string of the molecule is CCC(C)N1CCN(Cc2ccc(CNC)cn2)CC1. The highest BCUT2D eigenvalue weighted by Gasteiger charge is 2.20. The molecular weight excluding hydrogens is 248 g/mol. The highest BCUT2D eigenvalue weighted by Crippen LogP contribution is 2.11. The summed E-state index contributed by atoms with van der Waals surface area (Å²) >= 11 is 0. The third-order valence-electron chi connectivity index (χ3n) is 4.27. The van der Waals surface area contributed by atoms with Crippen molar-refractivity contribution in [1.29, 1.82) is 0 Å². The van der Waals surface area contributed by atoms with Crippen LogP contribution in [0.25, 0.3) is 0 Å². The molecule has 112 valence electrons. The first-order valence-corrected chi connectivity index (χ1v) is 7.77. The van der Waals surface area contributed by atoms with Crippen molar-refractivity contribution in [3.05, 3.63) is 29.6 Å². The molecule has 1 aromatic heterocycles. The van der Waals surface area contributed by atoms with Crippen molar-refractivity contribution in [2.24, 2.45) is 0 Å². The number of hydrogen-bond donors (Lipinski definition) is 1. The Balaban J connectivity index is 1.80. The van der Waals surface area contributed by atoms with Crippen molar-refractivity contribution in [1.82, 2.24) is 20.1 Å². The van der Waals surface area contributed by atoms with E-state index in [0.717, 1.165) is 32.2 Å². The van der Waals surface area contributed by atoms with E-state index in [0.29, 0.717) is 0 Å². The highest BCUT2D eigenvalue weighted by molar-refractivity contribution is 5.14. The number of hydrogen-bond acceptors (Lipinski definition) is 4. The lowest BCUT2D eigenvalue weighted by molar-refractivity contribution is 0.0956. The van der Waals surface area contributed by atoms with Crippen molar-refractivity contribution >= 4 is 0 Å². The van der Waals surface area contributed by atoms with E-state index in [1.54, 1.807) is 0 Å². The van der Waals surface area contributed by atoms with Crippen LogP contribution in [0.2, 0.25) is 0 Å². The molecule has 1 atom stereocenters. The van der Waals surface area contributed by atoms with Crippen molar-refractivity contribution < 1.29 is 0 Å². The zero-order valence-electron chi connectivity index (χ0n) is 13.1. The van der Waals surface area contributed by atoms with Crippen LogP contribution in [0.15, 0.2) is 18.3 Å². The molecule has 0 bridgehead atoms. The van der Waals surface area contributed by atoms with E-state index in [-0.39, 0.29) is 0 Å². The largest absolute Gasteiger partial charge is 0.316 e. The van der Waals surface area contributed by atoms with Crippen LogP contribution in [0.4, 0.5) is 0 Å². The summed E-state index contributed by atoms with van der Waals surface area (Å²) < 4.78 is 0. The second-order valence-corrected chi connectivity index (χ2v) is 5.76. The van der Waals surface area contributed by atoms with Crippen LogP contribution in [0.1, 0.15) is 31.5 Å². The van der Waals surface area contributed by atoms with Gasteiger partial charge in [0.05, 0.1) is 5.69 Å². The molecule has 4 heteroatoms. The predicted octanol–water partition coefficient (Wildman–Crippen LogP) is 1.72. The molecular formula is C16H28N4. The molecule has 1 N–H and O–H groups in total. The fourth-order valence-electron chi connectivity index (χ4n) is 2.71. The molecule has 0 aliphatic carbocycles. The van der Waals surface area contributed by atoms with Gasteiger partial charge in [0.1, 0.15) is 0 Å². The lowest BCUT2D eigenvalue weighted by atomic mass is 10.2. The van der Waals surface area contributed by atoms with Gasteiger partial charge in [-0.25, -0.2) is 0 Å². The van der Waals surface area contributed by atoms with Crippen molar-refractivity contribution in [3.8, 4) is 0 Å². The molecule has 0 saturated carbocycles. The molecule has 0 amide bonds. The van der Waals surface area contributed by atoms with Gasteiger partial charge < -0.3 is 5.32 Å². The molecule has 1 fully saturated rings. The molecule has 1 aliphatic rings. The molecule has 1 unspecified atom stereocenters. The Kier molecular flexibility index (Phi) is 5.95. The van der Waals surface area contributed by atoms with Crippen LogP contribution in [0.3, 0.4) is 0 Å². The summed E-state index contributed by atoms with van der Waals surface area (Å²) in [4.78, 5) is 9.68. The summed E-state index contributed by atoms with van der Waals surface area (Å²) in [5.74, 6) is 0. The van der Waals surface area contributed by atoms with E-state index < -0.39 is 0 Å². The van der Waals surface area contributed by atoms with Gasteiger partial charge in [-0.15, -0.1) is 0 Å². The summed E-state index contributed by atoms with van der Waals surface area (Å²) in [6.07, 6.45) is 3.23. The maximum atomic E-state index is 4.57. The van der Waals surface area contributed by atoms with E-state index >= 15 is 0 Å². The summed E-state index contributed by atoms with van der Waals surface area (Å²) in [7, 11) is 1.96. The molecule has 0 aromatic carbocycles. The van der Waals surface area contributed by atoms with Gasteiger partial charge in [0.2, 0.25) is 0 Å². The summed E-state index contributed by atoms with van der Waals surface area (Å²) in [6, 6.07) is 5.05. The van der Waals surface area contributed by atoms with Crippen LogP contribution in [0.5, 0.6) is 0 Å². The van der Waals surface area contributed by atoms with Crippen LogP contribution < -0.4 is 5.32 Å². The van der Waals surface area contributed by atoms with Gasteiger partial charge in [0, 0.05) is 51.5 Å². The molecule has 1 saturated heterocycles. The lowest BCUT2D eigenvalue weighted by Gasteiger charge is -2.37. The average molecular weight is 276 g/mol. The standard InChI is InChI=1S/C16H28N4/c1-4-14(2)20-9-7-19(8-10-20)13-16-6-5-15(11-17-3)12-18-16/h5-6,12,14,17H,4,7-11,13H2,1-3H3. The van der Waals surface area contributed by atoms with Crippen LogP contribution >= 0.6 is 0 Å². The highest BCUT2D eigenvalue weighted by atomic mass is 15.3. The molecule has 2 rings (SSSR count). The number of pyridine rings is 1. The first-order valence-electron chi connectivity index (χ1n) is 7.77. The maximum Gasteiger partial charge on any atom is 0.0544 e. The lowest BCUT2D eigenvalue weighted by Crippen LogP contribution is -2.49. The Morgan fingerprint density at radius 2 is 2.00 bits per heavy atom. The molecule has 4 nitrogen and oxygen atoms in total. The Hall–Kier alpha value is -0.970. The minimum absolute atomic E-state index is 0.719. The Morgan fingerprint density at radius 1 is 1.25 bits per heavy atom. The van der Waals surface area contributed by atoms with E-state index in [1.165, 1.54) is 30.8 Å². The number of aromatic nitrogens is 1. The van der Waals surface area contributed by atoms with Gasteiger partial charge in [-0.05, 0) is 32.0 Å². The van der Waals surface area contributed by atoms with Gasteiger partial charge in [-0.3, -0.25) is 14.8 Å². The van der Waals surface area contributed by atoms with E-state index in [4.69, 9.17) is 0 Å². The number of nitrogens with zero attached hydrogens (tertiary/aromatic N) is 3. The minimum atomic E-state index is 0.719. The number of piperazine rings is 1. The van der Waals surface area contributed by atoms with E-state index in [1.807, 2.05) is 13.2 Å². The molecule has 2 heterocycles. The average Bonchev–Trinajstić information content (AvgIpc) is 2.49. The van der Waals surface area contributed by atoms with Crippen LogP contribution in [0, 0.1) is 0 Å². The van der Waals surface area contributed by atoms with Crippen molar-refractivity contribution in [2.45, 2.75) is 39.4 Å². The molecule has 1 aromatic rings. The smallest absolute Gasteiger partial charge is 0.0544 e. The second kappa shape index (κ2) is 7.72. The molecule has 20 heavy (non-hydrogen) atoms. The van der Waals surface area contributed by atoms with Gasteiger partial charge in [-0.1, -0.05) is 13.0 Å². The van der Waals surface area contributed by atoms with Crippen molar-refractivity contribution in [2.75, 3.05) is 33.2 Å². The van der Waals surface area contributed by atoms with Gasteiger partial charge in [0.15, 0.2) is 0 Å². The van der Waals surface area contributed by atoms with E-state index in [9.17, 15) is 0 Å². The number of rotatable bonds is 6. The molecule has 1 aliphatic heterocycles. The first kappa shape index (κ1) is 15.4. The zero-order valence-corrected chi connectivity index (χ0v) is 13.1. The normalized spacial score (nSPS) is 19.1. The fourth-order valence-corrected chi connectivity index (χ4v) is 2.71. The summed E-state index contributed by atoms with van der Waals surface area (Å²) in [5.41, 5.74) is 2.43. The Labute approximate surface area is 123 Å².